The van der Waals surface area contributed by atoms with Crippen molar-refractivity contribution in [1.29, 1.82) is 0 Å². The second-order valence-corrected chi connectivity index (χ2v) is 4.47. The summed E-state index contributed by atoms with van der Waals surface area (Å²) in [6.07, 6.45) is 0. The van der Waals surface area contributed by atoms with Crippen LogP contribution in [-0.2, 0) is 6.54 Å². The molecule has 0 bridgehead atoms. The van der Waals surface area contributed by atoms with Gasteiger partial charge in [-0.2, -0.15) is 0 Å². The predicted molar refractivity (Wildman–Crippen MR) is 96.6 cm³/mol. The molecule has 0 radical (unpaired) electrons. The largest absolute Gasteiger partial charge is 0.310 e. The van der Waals surface area contributed by atoms with E-state index >= 15 is 0 Å². The Kier molecular flexibility index (Phi) is 5.21. The lowest BCUT2D eigenvalue weighted by atomic mass is 10.3. The zero-order valence-corrected chi connectivity index (χ0v) is 14.2. The number of fused-ring (bicyclic) bond motifs is 5. The second kappa shape index (κ2) is 7.12. The van der Waals surface area contributed by atoms with Gasteiger partial charge in [-0.1, -0.05) is 52.0 Å². The highest BCUT2D eigenvalue weighted by molar-refractivity contribution is 5.90. The van der Waals surface area contributed by atoms with E-state index in [1.807, 2.05) is 33.8 Å². The summed E-state index contributed by atoms with van der Waals surface area (Å²) in [7, 11) is 0. The molecule has 4 rings (SSSR count). The number of aromatic nitrogens is 3. The zero-order chi connectivity index (χ0) is 16.1. The van der Waals surface area contributed by atoms with E-state index < -0.39 is 0 Å². The lowest BCUT2D eigenvalue weighted by Gasteiger charge is -1.98. The van der Waals surface area contributed by atoms with Gasteiger partial charge in [-0.3, -0.25) is 4.40 Å². The summed E-state index contributed by atoms with van der Waals surface area (Å²) >= 11 is 0. The van der Waals surface area contributed by atoms with Crippen LogP contribution in [0.5, 0.6) is 0 Å². The van der Waals surface area contributed by atoms with E-state index in [1.54, 1.807) is 0 Å². The van der Waals surface area contributed by atoms with Crippen LogP contribution in [0.4, 0.5) is 0 Å². The maximum Gasteiger partial charge on any atom is 0.215 e. The first-order valence-corrected chi connectivity index (χ1v) is 8.24. The summed E-state index contributed by atoms with van der Waals surface area (Å²) in [5.74, 6) is 1.03. The van der Waals surface area contributed by atoms with E-state index in [4.69, 9.17) is 4.98 Å². The molecular formula is C19H25N3. The number of hydrogen-bond donors (Lipinski definition) is 0. The fraction of sp³-hybridized carbons (Fsp3) is 0.316. The van der Waals surface area contributed by atoms with Crippen LogP contribution in [0.1, 0.15) is 34.6 Å². The second-order valence-electron chi connectivity index (χ2n) is 4.47. The van der Waals surface area contributed by atoms with Crippen LogP contribution in [0, 0.1) is 0 Å². The molecule has 0 saturated heterocycles. The molecule has 0 atom stereocenters. The molecule has 2 aromatic heterocycles. The van der Waals surface area contributed by atoms with Crippen molar-refractivity contribution >= 4 is 27.8 Å². The molecule has 0 saturated carbocycles. The van der Waals surface area contributed by atoms with Gasteiger partial charge in [0.05, 0.1) is 22.1 Å². The fourth-order valence-corrected chi connectivity index (χ4v) is 2.73. The molecule has 2 aromatic carbocycles. The van der Waals surface area contributed by atoms with Crippen LogP contribution in [0.2, 0.25) is 0 Å². The van der Waals surface area contributed by atoms with Crippen LogP contribution >= 0.6 is 0 Å². The molecule has 0 N–H and O–H groups in total. The molecule has 4 aromatic rings. The molecule has 0 unspecified atom stereocenters. The lowest BCUT2D eigenvalue weighted by Crippen LogP contribution is -1.93. The third-order valence-electron chi connectivity index (χ3n) is 3.51. The Labute approximate surface area is 132 Å². The van der Waals surface area contributed by atoms with Crippen LogP contribution in [-0.4, -0.2) is 14.0 Å². The first-order chi connectivity index (χ1) is 10.9. The molecule has 0 aliphatic rings. The van der Waals surface area contributed by atoms with Crippen molar-refractivity contribution in [2.24, 2.45) is 0 Å². The van der Waals surface area contributed by atoms with Crippen molar-refractivity contribution < 1.29 is 0 Å². The number of para-hydroxylation sites is 4. The van der Waals surface area contributed by atoms with E-state index in [0.29, 0.717) is 0 Å². The van der Waals surface area contributed by atoms with Gasteiger partial charge in [0, 0.05) is 6.54 Å². The van der Waals surface area contributed by atoms with Gasteiger partial charge in [-0.05, 0) is 31.2 Å². The molecule has 0 aliphatic carbocycles. The molecule has 3 nitrogen and oxygen atoms in total. The van der Waals surface area contributed by atoms with Crippen molar-refractivity contribution in [3.05, 3.63) is 48.5 Å². The van der Waals surface area contributed by atoms with Gasteiger partial charge in [-0.25, -0.2) is 4.98 Å². The zero-order valence-electron chi connectivity index (χ0n) is 14.2. The normalized spacial score (nSPS) is 10.2. The highest BCUT2D eigenvalue weighted by Gasteiger charge is 2.13. The molecule has 116 valence electrons. The van der Waals surface area contributed by atoms with Crippen molar-refractivity contribution in [1.82, 2.24) is 14.0 Å². The van der Waals surface area contributed by atoms with Gasteiger partial charge in [0.15, 0.2) is 0 Å². The minimum Gasteiger partial charge on any atom is -0.310 e. The van der Waals surface area contributed by atoms with Crippen molar-refractivity contribution in [2.75, 3.05) is 0 Å². The molecule has 22 heavy (non-hydrogen) atoms. The number of imidazole rings is 2. The summed E-state index contributed by atoms with van der Waals surface area (Å²) < 4.78 is 4.50. The first-order valence-electron chi connectivity index (χ1n) is 8.24. The summed E-state index contributed by atoms with van der Waals surface area (Å²) in [5, 5.41) is 0. The van der Waals surface area contributed by atoms with Gasteiger partial charge in [-0.15, -0.1) is 0 Å². The first kappa shape index (κ1) is 16.1. The van der Waals surface area contributed by atoms with Gasteiger partial charge in [0.2, 0.25) is 5.78 Å². The number of nitrogens with zero attached hydrogens (tertiary/aromatic N) is 3. The lowest BCUT2D eigenvalue weighted by molar-refractivity contribution is 0.808. The monoisotopic (exact) mass is 295 g/mol. The van der Waals surface area contributed by atoms with Crippen LogP contribution in [0.3, 0.4) is 0 Å². The van der Waals surface area contributed by atoms with Crippen LogP contribution < -0.4 is 0 Å². The highest BCUT2D eigenvalue weighted by atomic mass is 15.2. The summed E-state index contributed by atoms with van der Waals surface area (Å²) in [6.45, 7) is 11.1. The van der Waals surface area contributed by atoms with E-state index in [1.165, 1.54) is 16.6 Å². The Hall–Kier alpha value is -2.29. The third-order valence-corrected chi connectivity index (χ3v) is 3.51. The van der Waals surface area contributed by atoms with E-state index in [9.17, 15) is 0 Å². The fourth-order valence-electron chi connectivity index (χ4n) is 2.73. The minimum absolute atomic E-state index is 0.931. The molecule has 2 heterocycles. The summed E-state index contributed by atoms with van der Waals surface area (Å²) in [6, 6.07) is 16.8. The maximum atomic E-state index is 4.75. The Bertz CT molecular complexity index is 868. The predicted octanol–water partition coefficient (Wildman–Crippen LogP) is 5.51. The maximum absolute atomic E-state index is 4.75. The molecule has 0 amide bonds. The molecule has 0 spiro atoms. The Balaban J connectivity index is 0.000000410. The SMILES string of the molecule is CC.CC.CCn1c2ccccc2n2c3ccccc3nc12. The average molecular weight is 295 g/mol. The van der Waals surface area contributed by atoms with Crippen molar-refractivity contribution in [3.63, 3.8) is 0 Å². The number of hydrogen-bond acceptors (Lipinski definition) is 1. The topological polar surface area (TPSA) is 22.2 Å². The minimum atomic E-state index is 0.931. The Morgan fingerprint density at radius 3 is 1.95 bits per heavy atom. The third kappa shape index (κ3) is 2.37. The molecular weight excluding hydrogens is 270 g/mol. The molecule has 0 aliphatic heterocycles. The van der Waals surface area contributed by atoms with Crippen LogP contribution in [0.25, 0.3) is 27.8 Å². The van der Waals surface area contributed by atoms with E-state index in [-0.39, 0.29) is 0 Å². The number of benzene rings is 2. The van der Waals surface area contributed by atoms with E-state index in [0.717, 1.165) is 17.8 Å². The highest BCUT2D eigenvalue weighted by Crippen LogP contribution is 2.25. The van der Waals surface area contributed by atoms with Gasteiger partial charge in [0.25, 0.3) is 0 Å². The number of aryl methyl sites for hydroxylation is 1. The van der Waals surface area contributed by atoms with Crippen LogP contribution in [0.15, 0.2) is 48.5 Å². The molecule has 3 heteroatoms. The van der Waals surface area contributed by atoms with Gasteiger partial charge >= 0.3 is 0 Å². The van der Waals surface area contributed by atoms with Gasteiger partial charge < -0.3 is 4.57 Å². The summed E-state index contributed by atoms with van der Waals surface area (Å²) in [4.78, 5) is 4.75. The smallest absolute Gasteiger partial charge is 0.215 e. The Morgan fingerprint density at radius 2 is 1.32 bits per heavy atom. The van der Waals surface area contributed by atoms with Gasteiger partial charge in [0.1, 0.15) is 0 Å². The number of rotatable bonds is 1. The van der Waals surface area contributed by atoms with E-state index in [2.05, 4.69) is 58.4 Å². The Morgan fingerprint density at radius 1 is 0.773 bits per heavy atom. The summed E-state index contributed by atoms with van der Waals surface area (Å²) in [5.41, 5.74) is 4.70. The average Bonchev–Trinajstić information content (AvgIpc) is 3.12. The van der Waals surface area contributed by atoms with Crippen molar-refractivity contribution in [2.45, 2.75) is 41.2 Å². The standard InChI is InChI=1S/C15H13N3.2C2H6/c1-2-17-13-9-5-6-10-14(13)18-12-8-4-3-7-11(12)16-15(17)18;2*1-2/h3-10H,2H2,1H3;2*1-2H3. The van der Waals surface area contributed by atoms with Crippen molar-refractivity contribution in [3.8, 4) is 0 Å². The quantitative estimate of drug-likeness (QED) is 0.453. The molecule has 0 fully saturated rings.